The lowest BCUT2D eigenvalue weighted by Crippen LogP contribution is -1.73. The van der Waals surface area contributed by atoms with Gasteiger partial charge in [-0.2, -0.15) is 0 Å². The third-order valence-corrected chi connectivity index (χ3v) is 1.94. The molecule has 0 heterocycles. The predicted molar refractivity (Wildman–Crippen MR) is 57.4 cm³/mol. The molecule has 0 saturated heterocycles. The van der Waals surface area contributed by atoms with Gasteiger partial charge in [-0.05, 0) is 25.7 Å². The van der Waals surface area contributed by atoms with Gasteiger partial charge in [-0.15, -0.1) is 0 Å². The van der Waals surface area contributed by atoms with Crippen molar-refractivity contribution >= 4 is 0 Å². The fourth-order valence-corrected chi connectivity index (χ4v) is 1.10. The van der Waals surface area contributed by atoms with E-state index in [4.69, 9.17) is 2.74 Å². The monoisotopic (exact) mass is 170 g/mol. The molecule has 0 rings (SSSR count). The van der Waals surface area contributed by atoms with Crippen molar-refractivity contribution < 1.29 is 2.74 Å². The predicted octanol–water partition coefficient (Wildman–Crippen LogP) is 4.70. The van der Waals surface area contributed by atoms with Crippen molar-refractivity contribution in [3.05, 3.63) is 12.1 Å². The van der Waals surface area contributed by atoms with Gasteiger partial charge in [0, 0.05) is 0 Å². The average Bonchev–Trinajstić information content (AvgIpc) is 2.18. The van der Waals surface area contributed by atoms with E-state index in [9.17, 15) is 0 Å². The topological polar surface area (TPSA) is 0 Å². The maximum Gasteiger partial charge on any atom is 0.0572 e. The standard InChI is InChI=1S/C12H24/c1-3-5-7-9-11-12-10-8-6-4-2/h11-12H,3-10H2,1-2H3/b12-11-/i11D,12D. The lowest BCUT2D eigenvalue weighted by molar-refractivity contribution is 0.715. The summed E-state index contributed by atoms with van der Waals surface area (Å²) >= 11 is 0. The Labute approximate surface area is 80.9 Å². The summed E-state index contributed by atoms with van der Waals surface area (Å²) in [5, 5.41) is 0. The Kier molecular flexibility index (Phi) is 7.47. The maximum absolute atomic E-state index is 7.68. The quantitative estimate of drug-likeness (QED) is 0.366. The summed E-state index contributed by atoms with van der Waals surface area (Å²) in [6.07, 6.45) is 8.51. The lowest BCUT2D eigenvalue weighted by Gasteiger charge is -1.93. The van der Waals surface area contributed by atoms with Crippen molar-refractivity contribution in [3.8, 4) is 0 Å². The zero-order valence-corrected chi connectivity index (χ0v) is 8.66. The molecule has 0 aromatic rings. The first-order valence-corrected chi connectivity index (χ1v) is 5.37. The van der Waals surface area contributed by atoms with Gasteiger partial charge in [0.1, 0.15) is 0 Å². The van der Waals surface area contributed by atoms with Crippen molar-refractivity contribution in [1.82, 2.24) is 0 Å². The van der Waals surface area contributed by atoms with Crippen LogP contribution >= 0.6 is 0 Å². The molecule has 0 bridgehead atoms. The van der Waals surface area contributed by atoms with Crippen LogP contribution in [0.5, 0.6) is 0 Å². The fourth-order valence-electron chi connectivity index (χ4n) is 1.10. The van der Waals surface area contributed by atoms with Gasteiger partial charge in [0.2, 0.25) is 0 Å². The van der Waals surface area contributed by atoms with Gasteiger partial charge in [0.05, 0.1) is 2.74 Å². The molecule has 0 nitrogen and oxygen atoms in total. The molecular formula is C12H24. The highest BCUT2D eigenvalue weighted by Gasteiger charge is 1.83. The second-order valence-electron chi connectivity index (χ2n) is 3.27. The van der Waals surface area contributed by atoms with Crippen molar-refractivity contribution in [2.75, 3.05) is 0 Å². The van der Waals surface area contributed by atoms with Crippen molar-refractivity contribution in [3.63, 3.8) is 0 Å². The Hall–Kier alpha value is -0.260. The van der Waals surface area contributed by atoms with E-state index in [2.05, 4.69) is 13.8 Å². The van der Waals surface area contributed by atoms with E-state index >= 15 is 0 Å². The number of hydrogen-bond donors (Lipinski definition) is 0. The van der Waals surface area contributed by atoms with E-state index in [0.717, 1.165) is 25.7 Å². The van der Waals surface area contributed by atoms with E-state index in [1.807, 2.05) is 0 Å². The molecule has 0 aliphatic carbocycles. The maximum atomic E-state index is 7.68. The summed E-state index contributed by atoms with van der Waals surface area (Å²) < 4.78 is 15.4. The van der Waals surface area contributed by atoms with E-state index in [-0.39, 0.29) is 0 Å². The Morgan fingerprint density at radius 2 is 1.25 bits per heavy atom. The van der Waals surface area contributed by atoms with Crippen LogP contribution in [0.15, 0.2) is 12.1 Å². The van der Waals surface area contributed by atoms with Gasteiger partial charge in [0.15, 0.2) is 0 Å². The molecule has 0 aromatic carbocycles. The highest BCUT2D eigenvalue weighted by molar-refractivity contribution is 4.81. The Morgan fingerprint density at radius 3 is 1.58 bits per heavy atom. The molecule has 0 saturated carbocycles. The SMILES string of the molecule is [2H]/C(CCCCC)=C(\[2H])CCCCC. The number of allylic oxidation sites excluding steroid dienone is 2. The second-order valence-corrected chi connectivity index (χ2v) is 3.27. The minimum absolute atomic E-state index is 0.564. The van der Waals surface area contributed by atoms with E-state index in [1.54, 1.807) is 0 Å². The van der Waals surface area contributed by atoms with Crippen LogP contribution in [0.25, 0.3) is 0 Å². The summed E-state index contributed by atoms with van der Waals surface area (Å²) in [5.74, 6) is 0. The molecule has 0 fully saturated rings. The van der Waals surface area contributed by atoms with Crippen LogP contribution in [0.4, 0.5) is 0 Å². The summed E-state index contributed by atoms with van der Waals surface area (Å²) in [5.41, 5.74) is 0. The first-order chi connectivity index (χ1) is 6.72. The van der Waals surface area contributed by atoms with E-state index in [1.165, 1.54) is 25.7 Å². The third-order valence-electron chi connectivity index (χ3n) is 1.94. The fraction of sp³-hybridized carbons (Fsp3) is 0.833. The third kappa shape index (κ3) is 9.74. The normalized spacial score (nSPS) is 15.2. The van der Waals surface area contributed by atoms with Crippen molar-refractivity contribution in [2.24, 2.45) is 0 Å². The first kappa shape index (κ1) is 8.34. The van der Waals surface area contributed by atoms with Crippen LogP contribution in [-0.4, -0.2) is 0 Å². The van der Waals surface area contributed by atoms with Crippen molar-refractivity contribution in [1.29, 1.82) is 0 Å². The highest BCUT2D eigenvalue weighted by atomic mass is 13.9. The minimum atomic E-state index is 0.564. The van der Waals surface area contributed by atoms with Gasteiger partial charge < -0.3 is 0 Å². The Morgan fingerprint density at radius 1 is 0.833 bits per heavy atom. The molecule has 72 valence electrons. The van der Waals surface area contributed by atoms with E-state index in [0.29, 0.717) is 12.1 Å². The van der Waals surface area contributed by atoms with Crippen LogP contribution in [-0.2, 0) is 0 Å². The van der Waals surface area contributed by atoms with Gasteiger partial charge in [0.25, 0.3) is 0 Å². The highest BCUT2D eigenvalue weighted by Crippen LogP contribution is 2.03. The molecule has 0 aliphatic heterocycles. The Bertz CT molecular complexity index is 144. The molecule has 0 spiro atoms. The molecular weight excluding hydrogens is 144 g/mol. The van der Waals surface area contributed by atoms with Gasteiger partial charge in [-0.1, -0.05) is 51.6 Å². The Balaban J connectivity index is 3.66. The smallest absolute Gasteiger partial charge is 0.0572 e. The van der Waals surface area contributed by atoms with Gasteiger partial charge in [-0.3, -0.25) is 0 Å². The molecule has 0 amide bonds. The summed E-state index contributed by atoms with van der Waals surface area (Å²) in [4.78, 5) is 0. The lowest BCUT2D eigenvalue weighted by atomic mass is 10.1. The number of rotatable bonds is 8. The van der Waals surface area contributed by atoms with Crippen LogP contribution < -0.4 is 0 Å². The second kappa shape index (κ2) is 10.7. The summed E-state index contributed by atoms with van der Waals surface area (Å²) in [6, 6.07) is 1.13. The zero-order chi connectivity index (χ0) is 10.8. The van der Waals surface area contributed by atoms with Crippen LogP contribution in [0.3, 0.4) is 0 Å². The van der Waals surface area contributed by atoms with Crippen LogP contribution in [0.1, 0.15) is 68.0 Å². The molecule has 0 aromatic heterocycles. The van der Waals surface area contributed by atoms with Gasteiger partial charge >= 0.3 is 0 Å². The van der Waals surface area contributed by atoms with Crippen molar-refractivity contribution in [2.45, 2.75) is 65.2 Å². The molecule has 12 heavy (non-hydrogen) atoms. The molecule has 0 heteroatoms. The van der Waals surface area contributed by atoms with Crippen LogP contribution in [0, 0.1) is 0 Å². The molecule has 0 N–H and O–H groups in total. The van der Waals surface area contributed by atoms with Crippen LogP contribution in [0.2, 0.25) is 0 Å². The average molecular weight is 170 g/mol. The number of unbranched alkanes of at least 4 members (excludes halogenated alkanes) is 4. The summed E-state index contributed by atoms with van der Waals surface area (Å²) in [7, 11) is 0. The number of hydrogen-bond acceptors (Lipinski definition) is 0. The molecule has 0 atom stereocenters. The largest absolute Gasteiger partial charge is 0.0885 e. The molecule has 0 radical (unpaired) electrons. The summed E-state index contributed by atoms with van der Waals surface area (Å²) in [6.45, 7) is 4.33. The minimum Gasteiger partial charge on any atom is -0.0885 e. The molecule has 0 aliphatic rings. The zero-order valence-electron chi connectivity index (χ0n) is 10.7. The van der Waals surface area contributed by atoms with Gasteiger partial charge in [-0.25, -0.2) is 0 Å². The molecule has 0 unspecified atom stereocenters. The first-order valence-electron chi connectivity index (χ1n) is 6.37. The van der Waals surface area contributed by atoms with E-state index < -0.39 is 0 Å².